The van der Waals surface area contributed by atoms with Crippen molar-refractivity contribution < 1.29 is 9.90 Å². The summed E-state index contributed by atoms with van der Waals surface area (Å²) in [7, 11) is 0. The number of aromatic nitrogens is 2. The number of carboxylic acid groups (broad SMARTS) is 1. The van der Waals surface area contributed by atoms with Crippen molar-refractivity contribution in [3.63, 3.8) is 0 Å². The molecule has 2 aromatic carbocycles. The van der Waals surface area contributed by atoms with Gasteiger partial charge in [0, 0.05) is 18.5 Å². The Labute approximate surface area is 199 Å². The molecule has 0 aliphatic carbocycles. The molecule has 1 heterocycles. The molecule has 2 N–H and O–H groups in total. The number of nitrogens with one attached hydrogen (secondary N) is 1. The summed E-state index contributed by atoms with van der Waals surface area (Å²) < 4.78 is -0.459. The van der Waals surface area contributed by atoms with E-state index in [2.05, 4.69) is 82.5 Å². The highest BCUT2D eigenvalue weighted by molar-refractivity contribution is 8.00. The fraction of sp³-hybridized carbons (Fsp3) is 0.148. The summed E-state index contributed by atoms with van der Waals surface area (Å²) in [6.07, 6.45) is 10.6. The molecule has 0 saturated carbocycles. The van der Waals surface area contributed by atoms with Gasteiger partial charge in [0.25, 0.3) is 0 Å². The maximum Gasteiger partial charge on any atom is 0.341 e. The zero-order chi connectivity index (χ0) is 23.5. The van der Waals surface area contributed by atoms with Crippen LogP contribution in [0.15, 0.2) is 110 Å². The van der Waals surface area contributed by atoms with Crippen LogP contribution in [-0.2, 0) is 4.75 Å². The molecule has 3 aromatic rings. The normalized spacial score (nSPS) is 12.0. The van der Waals surface area contributed by atoms with Gasteiger partial charge in [-0.05, 0) is 23.6 Å². The molecule has 0 atom stereocenters. The van der Waals surface area contributed by atoms with E-state index >= 15 is 0 Å². The van der Waals surface area contributed by atoms with E-state index in [-0.39, 0.29) is 5.56 Å². The zero-order valence-electron chi connectivity index (χ0n) is 18.5. The van der Waals surface area contributed by atoms with Crippen LogP contribution in [-0.4, -0.2) is 33.3 Å². The van der Waals surface area contributed by atoms with Gasteiger partial charge >= 0.3 is 5.97 Å². The van der Waals surface area contributed by atoms with Crippen molar-refractivity contribution in [2.45, 2.75) is 11.7 Å². The Hall–Kier alpha value is -3.64. The van der Waals surface area contributed by atoms with E-state index < -0.39 is 10.7 Å². The molecule has 6 heteroatoms. The van der Waals surface area contributed by atoms with E-state index in [4.69, 9.17) is 0 Å². The number of thioether (sulfide) groups is 1. The standard InChI is InChI=1S/C27H27N3O2S/c1-3-5-12-21(4-2)27(22-13-8-6-9-14-22,23-15-10-7-11-16-23)33-18-17-29-25-24(26(31)32)19-28-20-30-25/h3-16,19-20H,1,17-18H2,2H3,(H,31,32)(H,28,29,30)/b12-5-,21-4+. The number of aromatic carboxylic acids is 1. The zero-order valence-corrected chi connectivity index (χ0v) is 19.3. The Morgan fingerprint density at radius 2 is 1.76 bits per heavy atom. The number of rotatable bonds is 11. The van der Waals surface area contributed by atoms with Crippen molar-refractivity contribution in [2.75, 3.05) is 17.6 Å². The molecule has 168 valence electrons. The smallest absolute Gasteiger partial charge is 0.341 e. The predicted octanol–water partition coefficient (Wildman–Crippen LogP) is 5.95. The molecule has 3 rings (SSSR count). The van der Waals surface area contributed by atoms with Gasteiger partial charge in [-0.1, -0.05) is 91.5 Å². The van der Waals surface area contributed by atoms with Crippen LogP contribution in [0.2, 0.25) is 0 Å². The Kier molecular flexibility index (Phi) is 8.61. The van der Waals surface area contributed by atoms with Crippen molar-refractivity contribution in [1.29, 1.82) is 0 Å². The number of allylic oxidation sites excluding steroid dienone is 4. The van der Waals surface area contributed by atoms with Gasteiger partial charge in [-0.2, -0.15) is 0 Å². The lowest BCUT2D eigenvalue weighted by molar-refractivity contribution is 0.0697. The van der Waals surface area contributed by atoms with Crippen LogP contribution in [0.1, 0.15) is 28.4 Å². The predicted molar refractivity (Wildman–Crippen MR) is 137 cm³/mol. The highest BCUT2D eigenvalue weighted by Gasteiger charge is 2.37. The third-order valence-electron chi connectivity index (χ3n) is 5.15. The summed E-state index contributed by atoms with van der Waals surface area (Å²) >= 11 is 1.78. The third-order valence-corrected chi connectivity index (χ3v) is 6.69. The number of hydrogen-bond donors (Lipinski definition) is 2. The minimum Gasteiger partial charge on any atom is -0.477 e. The molecule has 5 nitrogen and oxygen atoms in total. The van der Waals surface area contributed by atoms with E-state index in [0.29, 0.717) is 18.1 Å². The van der Waals surface area contributed by atoms with Gasteiger partial charge in [-0.25, -0.2) is 14.8 Å². The first kappa shape index (κ1) is 24.0. The molecule has 1 aromatic heterocycles. The molecule has 0 aliphatic heterocycles. The van der Waals surface area contributed by atoms with Crippen molar-refractivity contribution >= 4 is 23.5 Å². The maximum atomic E-state index is 11.5. The van der Waals surface area contributed by atoms with Crippen molar-refractivity contribution in [3.05, 3.63) is 126 Å². The number of benzene rings is 2. The van der Waals surface area contributed by atoms with Gasteiger partial charge in [0.1, 0.15) is 17.7 Å². The second-order valence-corrected chi connectivity index (χ2v) is 8.43. The van der Waals surface area contributed by atoms with Crippen molar-refractivity contribution in [3.8, 4) is 0 Å². The Morgan fingerprint density at radius 3 is 2.30 bits per heavy atom. The van der Waals surface area contributed by atoms with Crippen LogP contribution >= 0.6 is 11.8 Å². The number of hydrogen-bond acceptors (Lipinski definition) is 5. The van der Waals surface area contributed by atoms with Gasteiger partial charge in [0.05, 0.1) is 4.75 Å². The fourth-order valence-electron chi connectivity index (χ4n) is 3.68. The molecule has 0 saturated heterocycles. The molecule has 0 amide bonds. The topological polar surface area (TPSA) is 75.1 Å². The molecule has 0 fully saturated rings. The molecular weight excluding hydrogens is 430 g/mol. The van der Waals surface area contributed by atoms with Crippen LogP contribution in [0.4, 0.5) is 5.82 Å². The monoisotopic (exact) mass is 457 g/mol. The van der Waals surface area contributed by atoms with Gasteiger partial charge in [0.2, 0.25) is 0 Å². The highest BCUT2D eigenvalue weighted by Crippen LogP contribution is 2.49. The average molecular weight is 458 g/mol. The van der Waals surface area contributed by atoms with Gasteiger partial charge in [0.15, 0.2) is 0 Å². The number of nitrogens with zero attached hydrogens (tertiary/aromatic N) is 2. The Morgan fingerprint density at radius 1 is 1.12 bits per heavy atom. The minimum absolute atomic E-state index is 0.0583. The molecule has 0 aliphatic rings. The molecule has 0 bridgehead atoms. The lowest BCUT2D eigenvalue weighted by atomic mass is 9.83. The molecule has 0 spiro atoms. The maximum absolute atomic E-state index is 11.5. The summed E-state index contributed by atoms with van der Waals surface area (Å²) in [5.74, 6) is -0.0353. The van der Waals surface area contributed by atoms with Crippen LogP contribution in [0.3, 0.4) is 0 Å². The van der Waals surface area contributed by atoms with E-state index in [9.17, 15) is 9.90 Å². The second kappa shape index (κ2) is 11.8. The third kappa shape index (κ3) is 5.59. The Balaban J connectivity index is 1.97. The molecule has 33 heavy (non-hydrogen) atoms. The van der Waals surface area contributed by atoms with Gasteiger partial charge < -0.3 is 10.4 Å². The van der Waals surface area contributed by atoms with Gasteiger partial charge in [-0.15, -0.1) is 11.8 Å². The number of carbonyl (C=O) groups is 1. The second-order valence-electron chi connectivity index (χ2n) is 7.12. The average Bonchev–Trinajstić information content (AvgIpc) is 2.86. The lowest BCUT2D eigenvalue weighted by Crippen LogP contribution is -2.27. The summed E-state index contributed by atoms with van der Waals surface area (Å²) in [5.41, 5.74) is 3.52. The largest absolute Gasteiger partial charge is 0.477 e. The van der Waals surface area contributed by atoms with E-state index in [1.807, 2.05) is 25.1 Å². The first-order valence-corrected chi connectivity index (χ1v) is 11.6. The first-order chi connectivity index (χ1) is 16.1. The van der Waals surface area contributed by atoms with Gasteiger partial charge in [-0.3, -0.25) is 0 Å². The first-order valence-electron chi connectivity index (χ1n) is 10.6. The summed E-state index contributed by atoms with van der Waals surface area (Å²) in [5, 5.41) is 12.6. The van der Waals surface area contributed by atoms with E-state index in [1.165, 1.54) is 12.5 Å². The van der Waals surface area contributed by atoms with Crippen molar-refractivity contribution in [1.82, 2.24) is 9.97 Å². The van der Waals surface area contributed by atoms with Crippen LogP contribution in [0, 0.1) is 0 Å². The summed E-state index contributed by atoms with van der Waals surface area (Å²) in [6.45, 7) is 6.41. The fourth-order valence-corrected chi connectivity index (χ4v) is 5.15. The van der Waals surface area contributed by atoms with Crippen molar-refractivity contribution in [2.24, 2.45) is 0 Å². The minimum atomic E-state index is -1.06. The quantitative estimate of drug-likeness (QED) is 0.274. The SMILES string of the molecule is C=C/C=C\C(=C/C)C(SCCNc1ncncc1C(=O)O)(c1ccccc1)c1ccccc1. The van der Waals surface area contributed by atoms with Crippen LogP contribution < -0.4 is 5.32 Å². The van der Waals surface area contributed by atoms with E-state index in [0.717, 1.165) is 16.7 Å². The molecule has 0 unspecified atom stereocenters. The highest BCUT2D eigenvalue weighted by atomic mass is 32.2. The molecular formula is C27H27N3O2S. The van der Waals surface area contributed by atoms with E-state index in [1.54, 1.807) is 17.8 Å². The lowest BCUT2D eigenvalue weighted by Gasteiger charge is -2.36. The Bertz CT molecular complexity index is 1090. The number of carboxylic acids is 1. The summed E-state index contributed by atoms with van der Waals surface area (Å²) in [4.78, 5) is 19.4. The van der Waals surface area contributed by atoms with Crippen LogP contribution in [0.5, 0.6) is 0 Å². The van der Waals surface area contributed by atoms with Crippen LogP contribution in [0.25, 0.3) is 0 Å². The summed E-state index contributed by atoms with van der Waals surface area (Å²) in [6, 6.07) is 20.8. The number of anilines is 1. The molecule has 0 radical (unpaired) electrons.